The molecular formula is C19H15F3N4O2. The standard InChI is InChI=1S/C19H15F3N4O2/c1-26-11-13(3-5-17(26)27)18(28)25-16-4-2-12(10-24-16)8-15-9-14(6-7-23-15)19(20,21)22/h2-7,9-11H,8H2,1H3,(H,24,25,28). The lowest BCUT2D eigenvalue weighted by molar-refractivity contribution is -0.137. The number of amides is 1. The Balaban J connectivity index is 1.69. The molecule has 0 bridgehead atoms. The molecular weight excluding hydrogens is 373 g/mol. The summed E-state index contributed by atoms with van der Waals surface area (Å²) >= 11 is 0. The molecule has 0 spiro atoms. The van der Waals surface area contributed by atoms with Crippen LogP contribution in [0.15, 0.2) is 59.8 Å². The Labute approximate surface area is 157 Å². The van der Waals surface area contributed by atoms with Crippen molar-refractivity contribution in [2.75, 3.05) is 5.32 Å². The van der Waals surface area contributed by atoms with Crippen LogP contribution in [0.3, 0.4) is 0 Å². The van der Waals surface area contributed by atoms with Gasteiger partial charge in [-0.1, -0.05) is 6.07 Å². The fourth-order valence-electron chi connectivity index (χ4n) is 2.48. The Kier molecular flexibility index (Phi) is 5.25. The molecule has 1 N–H and O–H groups in total. The molecule has 0 aliphatic carbocycles. The number of nitrogens with zero attached hydrogens (tertiary/aromatic N) is 3. The number of carbonyl (C=O) groups is 1. The fraction of sp³-hybridized carbons (Fsp3) is 0.158. The number of pyridine rings is 3. The van der Waals surface area contributed by atoms with E-state index in [2.05, 4.69) is 15.3 Å². The average Bonchev–Trinajstić information content (AvgIpc) is 2.65. The third-order valence-corrected chi connectivity index (χ3v) is 3.94. The molecule has 0 aliphatic heterocycles. The molecule has 0 saturated carbocycles. The minimum Gasteiger partial charge on any atom is -0.318 e. The van der Waals surface area contributed by atoms with Gasteiger partial charge in [0.15, 0.2) is 0 Å². The summed E-state index contributed by atoms with van der Waals surface area (Å²) in [5.74, 6) is -0.157. The van der Waals surface area contributed by atoms with Crippen LogP contribution in [0.1, 0.15) is 27.2 Å². The first-order valence-electron chi connectivity index (χ1n) is 8.17. The van der Waals surface area contributed by atoms with Crippen molar-refractivity contribution >= 4 is 11.7 Å². The van der Waals surface area contributed by atoms with E-state index < -0.39 is 17.6 Å². The molecule has 0 aliphatic rings. The maximum Gasteiger partial charge on any atom is 0.416 e. The molecule has 3 aromatic heterocycles. The van der Waals surface area contributed by atoms with Crippen LogP contribution in [-0.4, -0.2) is 20.4 Å². The highest BCUT2D eigenvalue weighted by Gasteiger charge is 2.30. The lowest BCUT2D eigenvalue weighted by atomic mass is 10.1. The van der Waals surface area contributed by atoms with E-state index in [0.29, 0.717) is 11.1 Å². The van der Waals surface area contributed by atoms with Gasteiger partial charge in [0.1, 0.15) is 5.82 Å². The Bertz CT molecular complexity index is 1060. The molecule has 6 nitrogen and oxygen atoms in total. The van der Waals surface area contributed by atoms with Crippen LogP contribution in [-0.2, 0) is 19.6 Å². The van der Waals surface area contributed by atoms with E-state index in [9.17, 15) is 22.8 Å². The van der Waals surface area contributed by atoms with Crippen LogP contribution in [0.5, 0.6) is 0 Å². The second-order valence-corrected chi connectivity index (χ2v) is 6.08. The lowest BCUT2D eigenvalue weighted by Gasteiger charge is -2.09. The van der Waals surface area contributed by atoms with E-state index >= 15 is 0 Å². The molecule has 0 aromatic carbocycles. The summed E-state index contributed by atoms with van der Waals surface area (Å²) in [5.41, 5.74) is 0.209. The summed E-state index contributed by atoms with van der Waals surface area (Å²) in [7, 11) is 1.54. The zero-order valence-corrected chi connectivity index (χ0v) is 14.7. The molecule has 3 heterocycles. The van der Waals surface area contributed by atoms with Crippen LogP contribution < -0.4 is 10.9 Å². The average molecular weight is 388 g/mol. The Morgan fingerprint density at radius 2 is 1.93 bits per heavy atom. The van der Waals surface area contributed by atoms with Crippen molar-refractivity contribution in [3.8, 4) is 0 Å². The molecule has 28 heavy (non-hydrogen) atoms. The van der Waals surface area contributed by atoms with E-state index in [-0.39, 0.29) is 23.5 Å². The van der Waals surface area contributed by atoms with Crippen molar-refractivity contribution in [2.45, 2.75) is 12.6 Å². The van der Waals surface area contributed by atoms with Crippen molar-refractivity contribution < 1.29 is 18.0 Å². The number of rotatable bonds is 4. The van der Waals surface area contributed by atoms with E-state index in [4.69, 9.17) is 0 Å². The number of carbonyl (C=O) groups excluding carboxylic acids is 1. The van der Waals surface area contributed by atoms with E-state index in [0.717, 1.165) is 18.3 Å². The van der Waals surface area contributed by atoms with Gasteiger partial charge in [-0.15, -0.1) is 0 Å². The third-order valence-electron chi connectivity index (χ3n) is 3.94. The number of alkyl halides is 3. The Hall–Kier alpha value is -3.49. The molecule has 3 rings (SSSR count). The summed E-state index contributed by atoms with van der Waals surface area (Å²) in [6.45, 7) is 0. The SMILES string of the molecule is Cn1cc(C(=O)Nc2ccc(Cc3cc(C(F)(F)F)ccn3)cn2)ccc1=O. The molecule has 3 aromatic rings. The molecule has 9 heteroatoms. The van der Waals surface area contributed by atoms with Crippen molar-refractivity contribution in [1.29, 1.82) is 0 Å². The van der Waals surface area contributed by atoms with Gasteiger partial charge in [-0.2, -0.15) is 13.2 Å². The zero-order valence-electron chi connectivity index (χ0n) is 14.7. The van der Waals surface area contributed by atoms with Crippen LogP contribution in [0.25, 0.3) is 0 Å². The van der Waals surface area contributed by atoms with Gasteiger partial charge in [-0.25, -0.2) is 4.98 Å². The van der Waals surface area contributed by atoms with E-state index in [1.807, 2.05) is 0 Å². The van der Waals surface area contributed by atoms with E-state index in [1.165, 1.54) is 36.1 Å². The molecule has 0 saturated heterocycles. The van der Waals surface area contributed by atoms with E-state index in [1.54, 1.807) is 12.1 Å². The first-order chi connectivity index (χ1) is 13.2. The van der Waals surface area contributed by atoms with Crippen molar-refractivity contribution in [1.82, 2.24) is 14.5 Å². The van der Waals surface area contributed by atoms with Gasteiger partial charge in [0.05, 0.1) is 11.1 Å². The maximum absolute atomic E-state index is 12.8. The summed E-state index contributed by atoms with van der Waals surface area (Å²) in [6.07, 6.45) is -0.270. The number of aromatic nitrogens is 3. The predicted octanol–water partition coefficient (Wildman–Crippen LogP) is 3.04. The predicted molar refractivity (Wildman–Crippen MR) is 95.9 cm³/mol. The van der Waals surface area contributed by atoms with Gasteiger partial charge in [-0.05, 0) is 29.8 Å². The topological polar surface area (TPSA) is 76.9 Å². The molecule has 0 fully saturated rings. The Morgan fingerprint density at radius 1 is 1.14 bits per heavy atom. The summed E-state index contributed by atoms with van der Waals surface area (Å²) < 4.78 is 39.6. The van der Waals surface area contributed by atoms with Gasteiger partial charge in [-0.3, -0.25) is 14.6 Å². The summed E-state index contributed by atoms with van der Waals surface area (Å²) in [5, 5.41) is 2.60. The van der Waals surface area contributed by atoms with Crippen LogP contribution in [0.2, 0.25) is 0 Å². The fourth-order valence-corrected chi connectivity index (χ4v) is 2.48. The first-order valence-corrected chi connectivity index (χ1v) is 8.17. The van der Waals surface area contributed by atoms with Crippen LogP contribution in [0, 0.1) is 0 Å². The van der Waals surface area contributed by atoms with Crippen molar-refractivity contribution in [2.24, 2.45) is 7.05 Å². The molecule has 144 valence electrons. The molecule has 0 unspecified atom stereocenters. The monoisotopic (exact) mass is 388 g/mol. The van der Waals surface area contributed by atoms with Gasteiger partial charge >= 0.3 is 6.18 Å². The summed E-state index contributed by atoms with van der Waals surface area (Å²) in [6, 6.07) is 7.79. The molecule has 0 atom stereocenters. The number of aryl methyl sites for hydroxylation is 1. The highest BCUT2D eigenvalue weighted by Crippen LogP contribution is 2.29. The van der Waals surface area contributed by atoms with Gasteiger partial charge in [0.25, 0.3) is 5.91 Å². The molecule has 0 radical (unpaired) electrons. The molecule has 1 amide bonds. The quantitative estimate of drug-likeness (QED) is 0.745. The highest BCUT2D eigenvalue weighted by atomic mass is 19.4. The minimum atomic E-state index is -4.43. The second-order valence-electron chi connectivity index (χ2n) is 6.08. The van der Waals surface area contributed by atoms with Crippen LogP contribution >= 0.6 is 0 Å². The normalized spacial score (nSPS) is 11.3. The number of nitrogens with one attached hydrogen (secondary N) is 1. The minimum absolute atomic E-state index is 0.173. The number of hydrogen-bond acceptors (Lipinski definition) is 4. The smallest absolute Gasteiger partial charge is 0.318 e. The van der Waals surface area contributed by atoms with Crippen LogP contribution in [0.4, 0.5) is 19.0 Å². The highest BCUT2D eigenvalue weighted by molar-refractivity contribution is 6.03. The number of hydrogen-bond donors (Lipinski definition) is 1. The zero-order chi connectivity index (χ0) is 20.3. The Morgan fingerprint density at radius 3 is 2.57 bits per heavy atom. The van der Waals surface area contributed by atoms with Gasteiger partial charge < -0.3 is 9.88 Å². The van der Waals surface area contributed by atoms with Crippen molar-refractivity contribution in [3.63, 3.8) is 0 Å². The third kappa shape index (κ3) is 4.61. The largest absolute Gasteiger partial charge is 0.416 e. The lowest BCUT2D eigenvalue weighted by Crippen LogP contribution is -2.19. The van der Waals surface area contributed by atoms with Crippen molar-refractivity contribution in [3.05, 3.63) is 87.7 Å². The second kappa shape index (κ2) is 7.63. The number of halogens is 3. The first kappa shape index (κ1) is 19.3. The van der Waals surface area contributed by atoms with Gasteiger partial charge in [0, 0.05) is 43.8 Å². The number of anilines is 1. The maximum atomic E-state index is 12.8. The van der Waals surface area contributed by atoms with Gasteiger partial charge in [0.2, 0.25) is 5.56 Å². The summed E-state index contributed by atoms with van der Waals surface area (Å²) in [4.78, 5) is 31.6.